The van der Waals surface area contributed by atoms with Gasteiger partial charge in [-0.1, -0.05) is 11.6 Å². The van der Waals surface area contributed by atoms with Crippen LogP contribution in [0.2, 0.25) is 4.34 Å². The van der Waals surface area contributed by atoms with E-state index in [9.17, 15) is 0 Å². The van der Waals surface area contributed by atoms with E-state index in [-0.39, 0.29) is 0 Å². The fourth-order valence-electron chi connectivity index (χ4n) is 1.20. The van der Waals surface area contributed by atoms with Gasteiger partial charge in [-0.2, -0.15) is 0 Å². The second kappa shape index (κ2) is 4.96. The van der Waals surface area contributed by atoms with Gasteiger partial charge in [0.15, 0.2) is 0 Å². The summed E-state index contributed by atoms with van der Waals surface area (Å²) in [5.41, 5.74) is 0. The van der Waals surface area contributed by atoms with Gasteiger partial charge in [0.25, 0.3) is 0 Å². The number of thiophene rings is 1. The van der Waals surface area contributed by atoms with Crippen LogP contribution < -0.4 is 5.32 Å². The number of hydrogen-bond acceptors (Lipinski definition) is 3. The van der Waals surface area contributed by atoms with E-state index in [0.717, 1.165) is 10.9 Å². The van der Waals surface area contributed by atoms with Crippen molar-refractivity contribution in [2.75, 3.05) is 27.7 Å². The van der Waals surface area contributed by atoms with E-state index in [1.807, 2.05) is 13.1 Å². The van der Waals surface area contributed by atoms with Crippen LogP contribution in [-0.2, 0) is 0 Å². The zero-order valence-corrected chi connectivity index (χ0v) is 9.75. The van der Waals surface area contributed by atoms with Crippen LogP contribution in [0.25, 0.3) is 0 Å². The van der Waals surface area contributed by atoms with Crippen LogP contribution in [0.5, 0.6) is 0 Å². The molecule has 0 aliphatic carbocycles. The van der Waals surface area contributed by atoms with Crippen molar-refractivity contribution >= 4 is 22.9 Å². The molecule has 2 nitrogen and oxygen atoms in total. The molecular formula is C9H15ClN2S. The van der Waals surface area contributed by atoms with Gasteiger partial charge in [0, 0.05) is 11.4 Å². The van der Waals surface area contributed by atoms with E-state index < -0.39 is 0 Å². The van der Waals surface area contributed by atoms with Gasteiger partial charge in [-0.05, 0) is 33.3 Å². The van der Waals surface area contributed by atoms with Gasteiger partial charge >= 0.3 is 0 Å². The lowest BCUT2D eigenvalue weighted by Gasteiger charge is -2.18. The Labute approximate surface area is 88.5 Å². The summed E-state index contributed by atoms with van der Waals surface area (Å²) in [7, 11) is 6.11. The summed E-state index contributed by atoms with van der Waals surface area (Å²) in [6, 6.07) is 4.41. The lowest BCUT2D eigenvalue weighted by molar-refractivity contribution is 0.355. The number of rotatable bonds is 4. The van der Waals surface area contributed by atoms with E-state index in [0.29, 0.717) is 6.04 Å². The molecule has 0 spiro atoms. The summed E-state index contributed by atoms with van der Waals surface area (Å²) in [4.78, 5) is 3.45. The topological polar surface area (TPSA) is 15.3 Å². The Hall–Kier alpha value is -0.0900. The van der Waals surface area contributed by atoms with Gasteiger partial charge in [-0.3, -0.25) is 0 Å². The van der Waals surface area contributed by atoms with Gasteiger partial charge in [-0.15, -0.1) is 11.3 Å². The first-order valence-electron chi connectivity index (χ1n) is 4.20. The zero-order chi connectivity index (χ0) is 9.84. The fourth-order valence-corrected chi connectivity index (χ4v) is 2.37. The first-order chi connectivity index (χ1) is 6.13. The molecule has 0 saturated heterocycles. The van der Waals surface area contributed by atoms with Crippen molar-refractivity contribution < 1.29 is 0 Å². The summed E-state index contributed by atoms with van der Waals surface area (Å²) in [6.07, 6.45) is 0. The highest BCUT2D eigenvalue weighted by molar-refractivity contribution is 7.16. The normalized spacial score (nSPS) is 13.6. The molecule has 1 rings (SSSR count). The van der Waals surface area contributed by atoms with Crippen molar-refractivity contribution in [1.82, 2.24) is 10.2 Å². The summed E-state index contributed by atoms with van der Waals surface area (Å²) >= 11 is 7.51. The lowest BCUT2D eigenvalue weighted by Crippen LogP contribution is -2.28. The molecular weight excluding hydrogens is 204 g/mol. The molecule has 1 atom stereocenters. The first-order valence-corrected chi connectivity index (χ1v) is 5.40. The van der Waals surface area contributed by atoms with Crippen LogP contribution >= 0.6 is 22.9 Å². The summed E-state index contributed by atoms with van der Waals surface area (Å²) in [5, 5.41) is 3.27. The Balaban J connectivity index is 2.66. The summed E-state index contributed by atoms with van der Waals surface area (Å²) in [5.74, 6) is 0. The van der Waals surface area contributed by atoms with Gasteiger partial charge in [-0.25, -0.2) is 0 Å². The lowest BCUT2D eigenvalue weighted by atomic mass is 10.2. The molecule has 0 amide bonds. The quantitative estimate of drug-likeness (QED) is 0.834. The second-order valence-electron chi connectivity index (χ2n) is 3.25. The molecule has 74 valence electrons. The van der Waals surface area contributed by atoms with E-state index in [2.05, 4.69) is 30.4 Å². The van der Waals surface area contributed by atoms with Crippen LogP contribution in [0.15, 0.2) is 12.1 Å². The largest absolute Gasteiger partial charge is 0.311 e. The minimum absolute atomic E-state index is 0.382. The van der Waals surface area contributed by atoms with Crippen LogP contribution in [0.4, 0.5) is 0 Å². The van der Waals surface area contributed by atoms with Gasteiger partial charge in [0.1, 0.15) is 0 Å². The minimum Gasteiger partial charge on any atom is -0.311 e. The molecule has 0 fully saturated rings. The molecule has 1 aromatic heterocycles. The maximum atomic E-state index is 5.88. The van der Waals surface area contributed by atoms with Crippen molar-refractivity contribution in [3.8, 4) is 0 Å². The van der Waals surface area contributed by atoms with Crippen molar-refractivity contribution in [2.24, 2.45) is 0 Å². The van der Waals surface area contributed by atoms with Crippen LogP contribution in [0, 0.1) is 0 Å². The fraction of sp³-hybridized carbons (Fsp3) is 0.556. The SMILES string of the molecule is CNC(CN(C)C)c1ccc(Cl)s1. The molecule has 0 bridgehead atoms. The Kier molecular flexibility index (Phi) is 4.19. The minimum atomic E-state index is 0.382. The van der Waals surface area contributed by atoms with Crippen LogP contribution in [-0.4, -0.2) is 32.6 Å². The van der Waals surface area contributed by atoms with Gasteiger partial charge in [0.2, 0.25) is 0 Å². The molecule has 0 radical (unpaired) electrons. The number of nitrogens with one attached hydrogen (secondary N) is 1. The molecule has 1 heterocycles. The van der Waals surface area contributed by atoms with Crippen molar-refractivity contribution in [2.45, 2.75) is 6.04 Å². The Morgan fingerprint density at radius 3 is 2.62 bits per heavy atom. The third kappa shape index (κ3) is 3.27. The van der Waals surface area contributed by atoms with E-state index in [1.54, 1.807) is 11.3 Å². The number of hydrogen-bond donors (Lipinski definition) is 1. The summed E-state index contributed by atoms with van der Waals surface area (Å²) < 4.78 is 0.856. The highest BCUT2D eigenvalue weighted by Crippen LogP contribution is 2.26. The second-order valence-corrected chi connectivity index (χ2v) is 4.99. The third-order valence-electron chi connectivity index (χ3n) is 1.83. The predicted molar refractivity (Wildman–Crippen MR) is 59.7 cm³/mol. The van der Waals surface area contributed by atoms with Gasteiger partial charge in [0.05, 0.1) is 10.4 Å². The molecule has 13 heavy (non-hydrogen) atoms. The van der Waals surface area contributed by atoms with Crippen LogP contribution in [0.1, 0.15) is 10.9 Å². The standard InChI is InChI=1S/C9H15ClN2S/c1-11-7(6-12(2)3)8-4-5-9(10)13-8/h4-5,7,11H,6H2,1-3H3. The first kappa shape index (κ1) is 11.0. The molecule has 0 aliphatic rings. The Morgan fingerprint density at radius 2 is 2.23 bits per heavy atom. The summed E-state index contributed by atoms with van der Waals surface area (Å²) in [6.45, 7) is 0.993. The monoisotopic (exact) mass is 218 g/mol. The highest BCUT2D eigenvalue weighted by Gasteiger charge is 2.11. The third-order valence-corrected chi connectivity index (χ3v) is 3.18. The van der Waals surface area contributed by atoms with Crippen molar-refractivity contribution in [3.63, 3.8) is 0 Å². The molecule has 1 aromatic rings. The molecule has 0 saturated carbocycles. The average molecular weight is 219 g/mol. The van der Waals surface area contributed by atoms with E-state index in [4.69, 9.17) is 11.6 Å². The maximum Gasteiger partial charge on any atom is 0.0931 e. The zero-order valence-electron chi connectivity index (χ0n) is 8.17. The number of likely N-dealkylation sites (N-methyl/N-ethyl adjacent to an activating group) is 2. The molecule has 1 N–H and O–H groups in total. The number of nitrogens with zero attached hydrogens (tertiary/aromatic N) is 1. The average Bonchev–Trinajstić information content (AvgIpc) is 2.47. The number of halogens is 1. The highest BCUT2D eigenvalue weighted by atomic mass is 35.5. The van der Waals surface area contributed by atoms with E-state index >= 15 is 0 Å². The van der Waals surface area contributed by atoms with Crippen molar-refractivity contribution in [1.29, 1.82) is 0 Å². The smallest absolute Gasteiger partial charge is 0.0931 e. The van der Waals surface area contributed by atoms with Crippen LogP contribution in [0.3, 0.4) is 0 Å². The predicted octanol–water partition coefficient (Wildman–Crippen LogP) is 2.22. The molecule has 1 unspecified atom stereocenters. The Bertz CT molecular complexity index is 260. The van der Waals surface area contributed by atoms with Crippen molar-refractivity contribution in [3.05, 3.63) is 21.3 Å². The molecule has 4 heteroatoms. The van der Waals surface area contributed by atoms with Gasteiger partial charge < -0.3 is 10.2 Å². The molecule has 0 aromatic carbocycles. The van der Waals surface area contributed by atoms with E-state index in [1.165, 1.54) is 4.88 Å². The Morgan fingerprint density at radius 1 is 1.54 bits per heavy atom. The maximum absolute atomic E-state index is 5.88. The molecule has 0 aliphatic heterocycles.